The molecule has 2 aliphatic rings. The van der Waals surface area contributed by atoms with Crippen LogP contribution < -0.4 is 5.84 Å². The van der Waals surface area contributed by atoms with Gasteiger partial charge in [-0.2, -0.15) is 0 Å². The van der Waals surface area contributed by atoms with Crippen LogP contribution in [0.5, 0.6) is 0 Å². The van der Waals surface area contributed by atoms with Gasteiger partial charge in [0.25, 0.3) is 0 Å². The minimum absolute atomic E-state index is 0.0918. The van der Waals surface area contributed by atoms with Gasteiger partial charge in [0.1, 0.15) is 0 Å². The van der Waals surface area contributed by atoms with Crippen LogP contribution in [-0.4, -0.2) is 61.0 Å². The molecule has 0 aromatic heterocycles. The molecule has 6 nitrogen and oxygen atoms in total. The lowest BCUT2D eigenvalue weighted by Gasteiger charge is -2.46. The Morgan fingerprint density at radius 1 is 1.41 bits per heavy atom. The monoisotopic (exact) mass is 243 g/mol. The van der Waals surface area contributed by atoms with E-state index in [0.29, 0.717) is 38.8 Å². The Balaban J connectivity index is 1.88. The standard InChI is InChI=1S/C11H21N3O3/c1-8(2)5-17-11(15)13-3-9-6-16-7-10(4-13)14(9)12/h8-10H,3-7,12H2,1-2H3. The minimum atomic E-state index is -0.233. The second kappa shape index (κ2) is 5.20. The predicted molar refractivity (Wildman–Crippen MR) is 62.2 cm³/mol. The SMILES string of the molecule is CC(C)COC(=O)N1CC2COCC(C1)N2N. The molecule has 2 unspecified atom stereocenters. The van der Waals surface area contributed by atoms with Crippen LogP contribution in [0.2, 0.25) is 0 Å². The Labute approximate surface area is 102 Å². The third kappa shape index (κ3) is 2.88. The van der Waals surface area contributed by atoms with E-state index in [-0.39, 0.29) is 18.2 Å². The molecule has 2 bridgehead atoms. The Morgan fingerprint density at radius 2 is 2.00 bits per heavy atom. The molecule has 6 heteroatoms. The van der Waals surface area contributed by atoms with Crippen molar-refractivity contribution in [1.82, 2.24) is 9.91 Å². The number of hydrogen-bond acceptors (Lipinski definition) is 5. The van der Waals surface area contributed by atoms with E-state index in [1.54, 1.807) is 4.90 Å². The highest BCUT2D eigenvalue weighted by Crippen LogP contribution is 2.18. The third-order valence-corrected chi connectivity index (χ3v) is 3.12. The molecule has 2 fully saturated rings. The van der Waals surface area contributed by atoms with E-state index in [1.807, 2.05) is 18.9 Å². The van der Waals surface area contributed by atoms with E-state index in [1.165, 1.54) is 0 Å². The predicted octanol–water partition coefficient (Wildman–Crippen LogP) is 0.0377. The fourth-order valence-corrected chi connectivity index (χ4v) is 2.17. The molecule has 98 valence electrons. The smallest absolute Gasteiger partial charge is 0.409 e. The summed E-state index contributed by atoms with van der Waals surface area (Å²) < 4.78 is 10.7. The molecule has 2 rings (SSSR count). The van der Waals surface area contributed by atoms with Gasteiger partial charge in [0.15, 0.2) is 0 Å². The number of hydrazine groups is 1. The van der Waals surface area contributed by atoms with Crippen LogP contribution in [0.3, 0.4) is 0 Å². The van der Waals surface area contributed by atoms with Crippen molar-refractivity contribution in [3.8, 4) is 0 Å². The zero-order chi connectivity index (χ0) is 12.4. The largest absolute Gasteiger partial charge is 0.449 e. The summed E-state index contributed by atoms with van der Waals surface area (Å²) in [6.07, 6.45) is -0.233. The number of ether oxygens (including phenoxy) is 2. The van der Waals surface area contributed by atoms with E-state index >= 15 is 0 Å². The summed E-state index contributed by atoms with van der Waals surface area (Å²) in [6, 6.07) is 0.184. The number of piperazine rings is 1. The molecule has 2 N–H and O–H groups in total. The Hall–Kier alpha value is -0.850. The zero-order valence-electron chi connectivity index (χ0n) is 10.5. The van der Waals surface area contributed by atoms with Gasteiger partial charge < -0.3 is 14.4 Å². The van der Waals surface area contributed by atoms with Crippen LogP contribution in [0.4, 0.5) is 4.79 Å². The van der Waals surface area contributed by atoms with E-state index in [9.17, 15) is 4.79 Å². The number of morpholine rings is 1. The molecule has 2 atom stereocenters. The fraction of sp³-hybridized carbons (Fsp3) is 0.909. The average Bonchev–Trinajstić information content (AvgIpc) is 2.25. The van der Waals surface area contributed by atoms with E-state index < -0.39 is 0 Å². The van der Waals surface area contributed by atoms with Gasteiger partial charge in [-0.1, -0.05) is 13.8 Å². The van der Waals surface area contributed by atoms with Gasteiger partial charge in [-0.3, -0.25) is 5.84 Å². The van der Waals surface area contributed by atoms with Crippen LogP contribution in [-0.2, 0) is 9.47 Å². The number of rotatable bonds is 2. The van der Waals surface area contributed by atoms with Gasteiger partial charge in [-0.25, -0.2) is 9.80 Å². The summed E-state index contributed by atoms with van der Waals surface area (Å²) in [5.41, 5.74) is 0. The lowest BCUT2D eigenvalue weighted by atomic mass is 10.1. The Morgan fingerprint density at radius 3 is 2.53 bits per heavy atom. The first-order chi connectivity index (χ1) is 8.08. The van der Waals surface area contributed by atoms with Crippen molar-refractivity contribution >= 4 is 6.09 Å². The summed E-state index contributed by atoms with van der Waals surface area (Å²) in [6.45, 7) is 6.85. The van der Waals surface area contributed by atoms with Gasteiger partial charge in [0, 0.05) is 13.1 Å². The van der Waals surface area contributed by atoms with Crippen LogP contribution in [0, 0.1) is 5.92 Å². The molecule has 0 aromatic rings. The lowest BCUT2D eigenvalue weighted by Crippen LogP contribution is -2.67. The van der Waals surface area contributed by atoms with E-state index in [2.05, 4.69) is 0 Å². The highest BCUT2D eigenvalue weighted by Gasteiger charge is 2.38. The number of nitrogens with zero attached hydrogens (tertiary/aromatic N) is 2. The molecule has 0 saturated carbocycles. The summed E-state index contributed by atoms with van der Waals surface area (Å²) in [4.78, 5) is 13.6. The minimum Gasteiger partial charge on any atom is -0.449 e. The molecule has 2 heterocycles. The fourth-order valence-electron chi connectivity index (χ4n) is 2.17. The van der Waals surface area contributed by atoms with Crippen LogP contribution >= 0.6 is 0 Å². The molecule has 0 spiro atoms. The number of fused-ring (bicyclic) bond motifs is 2. The van der Waals surface area contributed by atoms with Crippen molar-refractivity contribution < 1.29 is 14.3 Å². The quantitative estimate of drug-likeness (QED) is 0.693. The zero-order valence-corrected chi connectivity index (χ0v) is 10.5. The van der Waals surface area contributed by atoms with E-state index in [0.717, 1.165) is 0 Å². The molecule has 0 aliphatic carbocycles. The van der Waals surface area contributed by atoms with Crippen molar-refractivity contribution in [1.29, 1.82) is 0 Å². The van der Waals surface area contributed by atoms with Crippen molar-refractivity contribution in [3.05, 3.63) is 0 Å². The number of hydrogen-bond donors (Lipinski definition) is 1. The summed E-state index contributed by atoms with van der Waals surface area (Å²) in [5, 5.41) is 1.82. The van der Waals surface area contributed by atoms with Gasteiger partial charge in [0.05, 0.1) is 31.9 Å². The van der Waals surface area contributed by atoms with Crippen molar-refractivity contribution in [2.45, 2.75) is 25.9 Å². The number of nitrogens with two attached hydrogens (primary N) is 1. The topological polar surface area (TPSA) is 68.0 Å². The second-order valence-corrected chi connectivity index (χ2v) is 5.17. The van der Waals surface area contributed by atoms with E-state index in [4.69, 9.17) is 15.3 Å². The molecule has 2 aliphatic heterocycles. The Bertz CT molecular complexity index is 271. The maximum atomic E-state index is 11.8. The van der Waals surface area contributed by atoms with Crippen LogP contribution in [0.25, 0.3) is 0 Å². The summed E-state index contributed by atoms with van der Waals surface area (Å²) in [5.74, 6) is 6.30. The maximum absolute atomic E-state index is 11.8. The molecule has 0 radical (unpaired) electrons. The van der Waals surface area contributed by atoms with Crippen molar-refractivity contribution in [2.75, 3.05) is 32.9 Å². The van der Waals surface area contributed by atoms with Crippen molar-refractivity contribution in [3.63, 3.8) is 0 Å². The highest BCUT2D eigenvalue weighted by molar-refractivity contribution is 5.68. The molecular formula is C11H21N3O3. The number of carbonyl (C=O) groups excluding carboxylic acids is 1. The summed E-state index contributed by atoms with van der Waals surface area (Å²) in [7, 11) is 0. The second-order valence-electron chi connectivity index (χ2n) is 5.17. The maximum Gasteiger partial charge on any atom is 0.409 e. The molecule has 17 heavy (non-hydrogen) atoms. The van der Waals surface area contributed by atoms with Gasteiger partial charge in [0.2, 0.25) is 0 Å². The lowest BCUT2D eigenvalue weighted by molar-refractivity contribution is -0.0942. The van der Waals surface area contributed by atoms with Crippen LogP contribution in [0.1, 0.15) is 13.8 Å². The number of carbonyl (C=O) groups is 1. The molecular weight excluding hydrogens is 222 g/mol. The average molecular weight is 243 g/mol. The van der Waals surface area contributed by atoms with Gasteiger partial charge in [-0.05, 0) is 5.92 Å². The Kier molecular flexibility index (Phi) is 3.86. The number of amides is 1. The first-order valence-electron chi connectivity index (χ1n) is 6.10. The first-order valence-corrected chi connectivity index (χ1v) is 6.10. The molecule has 0 aromatic carbocycles. The summed E-state index contributed by atoms with van der Waals surface area (Å²) >= 11 is 0. The van der Waals surface area contributed by atoms with Crippen LogP contribution in [0.15, 0.2) is 0 Å². The molecule has 1 amide bonds. The highest BCUT2D eigenvalue weighted by atomic mass is 16.6. The first kappa shape index (κ1) is 12.6. The normalized spacial score (nSPS) is 29.5. The van der Waals surface area contributed by atoms with Gasteiger partial charge in [-0.15, -0.1) is 0 Å². The third-order valence-electron chi connectivity index (χ3n) is 3.12. The molecule has 2 saturated heterocycles. The van der Waals surface area contributed by atoms with Crippen molar-refractivity contribution in [2.24, 2.45) is 11.8 Å². The van der Waals surface area contributed by atoms with Gasteiger partial charge >= 0.3 is 6.09 Å².